The molecule has 3 aromatic rings. The van der Waals surface area contributed by atoms with Gasteiger partial charge in [0.2, 0.25) is 5.91 Å². The summed E-state index contributed by atoms with van der Waals surface area (Å²) in [5, 5.41) is 14.2. The second-order valence-corrected chi connectivity index (χ2v) is 6.16. The molecule has 24 heavy (non-hydrogen) atoms. The first kappa shape index (κ1) is 16.3. The summed E-state index contributed by atoms with van der Waals surface area (Å²) in [5.74, 6) is -0.0909. The Morgan fingerprint density at radius 2 is 1.88 bits per heavy atom. The van der Waals surface area contributed by atoms with Gasteiger partial charge in [0.25, 0.3) is 0 Å². The SMILES string of the molecule is Cc1ccccc1C(O)CNC(=O)Cc1c[nH]c2cccc(C)c12. The molecule has 0 saturated carbocycles. The fraction of sp³-hybridized carbons (Fsp3) is 0.250. The second-order valence-electron chi connectivity index (χ2n) is 6.16. The van der Waals surface area contributed by atoms with E-state index in [2.05, 4.69) is 10.3 Å². The van der Waals surface area contributed by atoms with Crippen molar-refractivity contribution < 1.29 is 9.90 Å². The van der Waals surface area contributed by atoms with E-state index in [9.17, 15) is 9.90 Å². The van der Waals surface area contributed by atoms with Gasteiger partial charge in [-0.15, -0.1) is 0 Å². The van der Waals surface area contributed by atoms with Crippen LogP contribution in [0.5, 0.6) is 0 Å². The van der Waals surface area contributed by atoms with E-state index in [1.807, 2.05) is 62.5 Å². The van der Waals surface area contributed by atoms with Gasteiger partial charge in [-0.05, 0) is 42.2 Å². The van der Waals surface area contributed by atoms with Crippen molar-refractivity contribution in [1.29, 1.82) is 0 Å². The highest BCUT2D eigenvalue weighted by Crippen LogP contribution is 2.22. The van der Waals surface area contributed by atoms with Crippen molar-refractivity contribution in [3.8, 4) is 0 Å². The fourth-order valence-electron chi connectivity index (χ4n) is 3.11. The standard InChI is InChI=1S/C20H22N2O2/c1-13-6-3-4-8-16(13)18(23)12-22-19(24)10-15-11-21-17-9-5-7-14(2)20(15)17/h3-9,11,18,21,23H,10,12H2,1-2H3,(H,22,24). The number of nitrogens with one attached hydrogen (secondary N) is 2. The van der Waals surface area contributed by atoms with E-state index in [0.717, 1.165) is 33.2 Å². The molecule has 0 bridgehead atoms. The van der Waals surface area contributed by atoms with Crippen LogP contribution in [-0.2, 0) is 11.2 Å². The van der Waals surface area contributed by atoms with Crippen molar-refractivity contribution in [1.82, 2.24) is 10.3 Å². The quantitative estimate of drug-likeness (QED) is 0.675. The minimum absolute atomic E-state index is 0.0909. The Balaban J connectivity index is 1.64. The summed E-state index contributed by atoms with van der Waals surface area (Å²) < 4.78 is 0. The Bertz CT molecular complexity index is 867. The van der Waals surface area contributed by atoms with Crippen LogP contribution in [0, 0.1) is 13.8 Å². The molecular weight excluding hydrogens is 300 g/mol. The summed E-state index contributed by atoms with van der Waals surface area (Å²) >= 11 is 0. The molecule has 1 aromatic heterocycles. The summed E-state index contributed by atoms with van der Waals surface area (Å²) in [6.45, 7) is 4.21. The largest absolute Gasteiger partial charge is 0.387 e. The molecule has 0 saturated heterocycles. The molecule has 4 nitrogen and oxygen atoms in total. The Hall–Kier alpha value is -2.59. The number of amides is 1. The molecule has 0 radical (unpaired) electrons. The number of benzene rings is 2. The molecule has 2 aromatic carbocycles. The number of rotatable bonds is 5. The highest BCUT2D eigenvalue weighted by Gasteiger charge is 2.13. The lowest BCUT2D eigenvalue weighted by atomic mass is 10.0. The zero-order valence-electron chi connectivity index (χ0n) is 14.0. The van der Waals surface area contributed by atoms with E-state index in [1.165, 1.54) is 0 Å². The third kappa shape index (κ3) is 3.34. The fourth-order valence-corrected chi connectivity index (χ4v) is 3.11. The maximum atomic E-state index is 12.2. The zero-order chi connectivity index (χ0) is 17.1. The van der Waals surface area contributed by atoms with Crippen LogP contribution in [0.2, 0.25) is 0 Å². The average Bonchev–Trinajstić information content (AvgIpc) is 2.97. The normalized spacial score (nSPS) is 12.3. The number of carbonyl (C=O) groups excluding carboxylic acids is 1. The smallest absolute Gasteiger partial charge is 0.224 e. The number of hydrogen-bond acceptors (Lipinski definition) is 2. The molecule has 3 rings (SSSR count). The number of H-pyrrole nitrogens is 1. The van der Waals surface area contributed by atoms with Crippen molar-refractivity contribution in [2.45, 2.75) is 26.4 Å². The van der Waals surface area contributed by atoms with Crippen molar-refractivity contribution in [2.75, 3.05) is 6.54 Å². The zero-order valence-corrected chi connectivity index (χ0v) is 14.0. The first-order valence-electron chi connectivity index (χ1n) is 8.12. The summed E-state index contributed by atoms with van der Waals surface area (Å²) in [5.41, 5.74) is 5.03. The van der Waals surface area contributed by atoms with Gasteiger partial charge in [-0.3, -0.25) is 4.79 Å². The van der Waals surface area contributed by atoms with Gasteiger partial charge in [0.15, 0.2) is 0 Å². The van der Waals surface area contributed by atoms with Crippen LogP contribution in [0.25, 0.3) is 10.9 Å². The third-order valence-electron chi connectivity index (χ3n) is 4.39. The predicted octanol–water partition coefficient (Wildman–Crippen LogP) is 3.18. The molecule has 0 spiro atoms. The van der Waals surface area contributed by atoms with Gasteiger partial charge in [0.1, 0.15) is 0 Å². The molecule has 0 fully saturated rings. The van der Waals surface area contributed by atoms with Crippen LogP contribution in [0.4, 0.5) is 0 Å². The van der Waals surface area contributed by atoms with E-state index in [1.54, 1.807) is 0 Å². The van der Waals surface area contributed by atoms with Gasteiger partial charge >= 0.3 is 0 Å². The molecule has 4 heteroatoms. The molecule has 0 aliphatic rings. The Morgan fingerprint density at radius 1 is 1.12 bits per heavy atom. The molecule has 1 amide bonds. The lowest BCUT2D eigenvalue weighted by Crippen LogP contribution is -2.29. The van der Waals surface area contributed by atoms with Crippen LogP contribution in [0.1, 0.15) is 28.4 Å². The van der Waals surface area contributed by atoms with Gasteiger partial charge < -0.3 is 15.4 Å². The van der Waals surface area contributed by atoms with Gasteiger partial charge in [-0.25, -0.2) is 0 Å². The van der Waals surface area contributed by atoms with Gasteiger partial charge in [0.05, 0.1) is 12.5 Å². The highest BCUT2D eigenvalue weighted by molar-refractivity contribution is 5.91. The van der Waals surface area contributed by atoms with Crippen molar-refractivity contribution in [3.63, 3.8) is 0 Å². The monoisotopic (exact) mass is 322 g/mol. The Morgan fingerprint density at radius 3 is 2.67 bits per heavy atom. The summed E-state index contributed by atoms with van der Waals surface area (Å²) in [6, 6.07) is 13.7. The number of aromatic amines is 1. The van der Waals surface area contributed by atoms with Crippen LogP contribution in [0.3, 0.4) is 0 Å². The number of aryl methyl sites for hydroxylation is 2. The highest BCUT2D eigenvalue weighted by atomic mass is 16.3. The molecule has 124 valence electrons. The average molecular weight is 322 g/mol. The van der Waals surface area contributed by atoms with Crippen molar-refractivity contribution >= 4 is 16.8 Å². The lowest BCUT2D eigenvalue weighted by Gasteiger charge is -2.14. The Labute approximate surface area is 141 Å². The maximum Gasteiger partial charge on any atom is 0.224 e. The lowest BCUT2D eigenvalue weighted by molar-refractivity contribution is -0.120. The van der Waals surface area contributed by atoms with E-state index in [0.29, 0.717) is 6.42 Å². The molecule has 0 aliphatic heterocycles. The number of aliphatic hydroxyl groups excluding tert-OH is 1. The van der Waals surface area contributed by atoms with Crippen molar-refractivity contribution in [2.24, 2.45) is 0 Å². The number of aromatic nitrogens is 1. The van der Waals surface area contributed by atoms with Gasteiger partial charge in [-0.1, -0.05) is 36.4 Å². The van der Waals surface area contributed by atoms with E-state index < -0.39 is 6.10 Å². The molecule has 1 atom stereocenters. The van der Waals surface area contributed by atoms with E-state index in [-0.39, 0.29) is 12.5 Å². The van der Waals surface area contributed by atoms with Crippen LogP contribution in [0.15, 0.2) is 48.7 Å². The molecule has 3 N–H and O–H groups in total. The number of aliphatic hydroxyl groups is 1. The van der Waals surface area contributed by atoms with E-state index in [4.69, 9.17) is 0 Å². The minimum atomic E-state index is -0.695. The third-order valence-corrected chi connectivity index (χ3v) is 4.39. The summed E-state index contributed by atoms with van der Waals surface area (Å²) in [6.07, 6.45) is 1.49. The molecule has 1 heterocycles. The molecule has 1 unspecified atom stereocenters. The van der Waals surface area contributed by atoms with Crippen LogP contribution in [-0.4, -0.2) is 22.5 Å². The predicted molar refractivity (Wildman–Crippen MR) is 95.9 cm³/mol. The first-order valence-corrected chi connectivity index (χ1v) is 8.12. The maximum absolute atomic E-state index is 12.2. The van der Waals surface area contributed by atoms with Crippen LogP contribution < -0.4 is 5.32 Å². The minimum Gasteiger partial charge on any atom is -0.387 e. The van der Waals surface area contributed by atoms with Crippen LogP contribution >= 0.6 is 0 Å². The van der Waals surface area contributed by atoms with Gasteiger partial charge in [0, 0.05) is 23.6 Å². The first-order chi connectivity index (χ1) is 11.6. The number of carbonyl (C=O) groups is 1. The van der Waals surface area contributed by atoms with Gasteiger partial charge in [-0.2, -0.15) is 0 Å². The second kappa shape index (κ2) is 6.89. The number of hydrogen-bond donors (Lipinski definition) is 3. The number of fused-ring (bicyclic) bond motifs is 1. The summed E-state index contributed by atoms with van der Waals surface area (Å²) in [7, 11) is 0. The molecule has 0 aliphatic carbocycles. The van der Waals surface area contributed by atoms with E-state index >= 15 is 0 Å². The topological polar surface area (TPSA) is 65.1 Å². The van der Waals surface area contributed by atoms with Crippen molar-refractivity contribution in [3.05, 3.63) is 70.9 Å². The Kier molecular flexibility index (Phi) is 4.67. The molecular formula is C20H22N2O2. The summed E-state index contributed by atoms with van der Waals surface area (Å²) in [4.78, 5) is 15.5.